The van der Waals surface area contributed by atoms with Crippen LogP contribution in [-0.2, 0) is 16.1 Å². The number of rotatable bonds is 6. The molecule has 7 heteroatoms. The SMILES string of the molecule is Cc1cc(NC(=O)C(C)(C)C)sc1C(=O)NCc1cccc(NC(=O)C(C)C)c1. The van der Waals surface area contributed by atoms with Crippen molar-refractivity contribution >= 4 is 39.7 Å². The molecule has 0 fully saturated rings. The van der Waals surface area contributed by atoms with Crippen molar-refractivity contribution in [3.63, 3.8) is 0 Å². The molecule has 0 atom stereocenters. The van der Waals surface area contributed by atoms with Gasteiger partial charge in [-0.2, -0.15) is 0 Å². The van der Waals surface area contributed by atoms with E-state index >= 15 is 0 Å². The van der Waals surface area contributed by atoms with Crippen LogP contribution in [0.15, 0.2) is 30.3 Å². The van der Waals surface area contributed by atoms with Crippen LogP contribution >= 0.6 is 11.3 Å². The highest BCUT2D eigenvalue weighted by Gasteiger charge is 2.23. The number of hydrogen-bond donors (Lipinski definition) is 3. The zero-order chi connectivity index (χ0) is 21.8. The molecule has 1 heterocycles. The molecule has 156 valence electrons. The largest absolute Gasteiger partial charge is 0.347 e. The van der Waals surface area contributed by atoms with E-state index in [-0.39, 0.29) is 23.6 Å². The number of carbonyl (C=O) groups excluding carboxylic acids is 3. The highest BCUT2D eigenvalue weighted by atomic mass is 32.1. The molecule has 0 aliphatic carbocycles. The van der Waals surface area contributed by atoms with Crippen LogP contribution in [0.2, 0.25) is 0 Å². The Bertz CT molecular complexity index is 910. The molecule has 0 radical (unpaired) electrons. The number of thiophene rings is 1. The molecule has 2 rings (SSSR count). The second-order valence-electron chi connectivity index (χ2n) is 8.35. The summed E-state index contributed by atoms with van der Waals surface area (Å²) in [5, 5.41) is 9.28. The molecule has 2 aromatic rings. The second-order valence-corrected chi connectivity index (χ2v) is 9.41. The van der Waals surface area contributed by atoms with Crippen molar-refractivity contribution in [1.82, 2.24) is 5.32 Å². The van der Waals surface area contributed by atoms with E-state index < -0.39 is 5.41 Å². The first kappa shape index (κ1) is 22.6. The molecule has 0 unspecified atom stereocenters. The average Bonchev–Trinajstić information content (AvgIpc) is 2.99. The Balaban J connectivity index is 2.01. The van der Waals surface area contributed by atoms with E-state index in [2.05, 4.69) is 16.0 Å². The number of amides is 3. The first-order chi connectivity index (χ1) is 13.5. The molecule has 29 heavy (non-hydrogen) atoms. The van der Waals surface area contributed by atoms with Crippen molar-refractivity contribution in [1.29, 1.82) is 0 Å². The summed E-state index contributed by atoms with van der Waals surface area (Å²) in [6, 6.07) is 9.21. The highest BCUT2D eigenvalue weighted by Crippen LogP contribution is 2.28. The van der Waals surface area contributed by atoms with Crippen molar-refractivity contribution < 1.29 is 14.4 Å². The summed E-state index contributed by atoms with van der Waals surface area (Å²) in [7, 11) is 0. The van der Waals surface area contributed by atoms with Gasteiger partial charge in [-0.05, 0) is 36.2 Å². The quantitative estimate of drug-likeness (QED) is 0.646. The van der Waals surface area contributed by atoms with Crippen molar-refractivity contribution in [3.8, 4) is 0 Å². The van der Waals surface area contributed by atoms with Gasteiger partial charge in [-0.15, -0.1) is 11.3 Å². The molecule has 1 aromatic carbocycles. The number of nitrogens with one attached hydrogen (secondary N) is 3. The molecule has 3 N–H and O–H groups in total. The summed E-state index contributed by atoms with van der Waals surface area (Å²) < 4.78 is 0. The van der Waals surface area contributed by atoms with Gasteiger partial charge in [-0.3, -0.25) is 14.4 Å². The van der Waals surface area contributed by atoms with Crippen LogP contribution in [0, 0.1) is 18.3 Å². The molecule has 3 amide bonds. The van der Waals surface area contributed by atoms with Gasteiger partial charge in [-0.1, -0.05) is 46.8 Å². The van der Waals surface area contributed by atoms with Gasteiger partial charge < -0.3 is 16.0 Å². The van der Waals surface area contributed by atoms with E-state index in [1.807, 2.05) is 71.9 Å². The van der Waals surface area contributed by atoms with Gasteiger partial charge in [0.1, 0.15) is 0 Å². The molecular weight excluding hydrogens is 386 g/mol. The molecule has 1 aromatic heterocycles. The van der Waals surface area contributed by atoms with Crippen LogP contribution in [-0.4, -0.2) is 17.7 Å². The minimum Gasteiger partial charge on any atom is -0.347 e. The zero-order valence-corrected chi connectivity index (χ0v) is 18.6. The maximum Gasteiger partial charge on any atom is 0.261 e. The zero-order valence-electron chi connectivity index (χ0n) is 17.8. The molecule has 0 saturated heterocycles. The van der Waals surface area contributed by atoms with Gasteiger partial charge in [0, 0.05) is 23.6 Å². The lowest BCUT2D eigenvalue weighted by Crippen LogP contribution is -2.27. The summed E-state index contributed by atoms with van der Waals surface area (Å²) in [5.41, 5.74) is 1.90. The molecule has 0 aliphatic heterocycles. The van der Waals surface area contributed by atoms with Crippen LogP contribution in [0.3, 0.4) is 0 Å². The normalized spacial score (nSPS) is 11.3. The predicted octanol–water partition coefficient (Wildman–Crippen LogP) is 4.57. The van der Waals surface area contributed by atoms with Crippen molar-refractivity contribution in [3.05, 3.63) is 46.3 Å². The summed E-state index contributed by atoms with van der Waals surface area (Å²) in [4.78, 5) is 37.2. The Morgan fingerprint density at radius 3 is 2.38 bits per heavy atom. The third-order valence-corrected chi connectivity index (χ3v) is 5.37. The van der Waals surface area contributed by atoms with Gasteiger partial charge in [0.2, 0.25) is 11.8 Å². The number of hydrogen-bond acceptors (Lipinski definition) is 4. The first-order valence-electron chi connectivity index (χ1n) is 9.57. The van der Waals surface area contributed by atoms with Gasteiger partial charge >= 0.3 is 0 Å². The third-order valence-electron chi connectivity index (χ3n) is 4.21. The molecule has 0 spiro atoms. The summed E-state index contributed by atoms with van der Waals surface area (Å²) in [6.45, 7) is 11.4. The molecule has 6 nitrogen and oxygen atoms in total. The fourth-order valence-corrected chi connectivity index (χ4v) is 3.36. The van der Waals surface area contributed by atoms with Crippen molar-refractivity contribution in [2.24, 2.45) is 11.3 Å². The standard InChI is InChI=1S/C22H29N3O3S/c1-13(2)19(26)24-16-9-7-8-15(11-16)12-23-20(27)18-14(3)10-17(29-18)25-21(28)22(4,5)6/h7-11,13H,12H2,1-6H3,(H,23,27)(H,24,26)(H,25,28). The van der Waals surface area contributed by atoms with E-state index in [4.69, 9.17) is 0 Å². The molecule has 0 aliphatic rings. The maximum absolute atomic E-state index is 12.6. The minimum absolute atomic E-state index is 0.0507. The fraction of sp³-hybridized carbons (Fsp3) is 0.409. The van der Waals surface area contributed by atoms with E-state index in [1.165, 1.54) is 11.3 Å². The number of anilines is 2. The van der Waals surface area contributed by atoms with Gasteiger partial charge in [0.25, 0.3) is 5.91 Å². The Hall–Kier alpha value is -2.67. The van der Waals surface area contributed by atoms with Crippen LogP contribution in [0.5, 0.6) is 0 Å². The van der Waals surface area contributed by atoms with Crippen molar-refractivity contribution in [2.75, 3.05) is 10.6 Å². The summed E-state index contributed by atoms with van der Waals surface area (Å²) in [6.07, 6.45) is 0. The fourth-order valence-electron chi connectivity index (χ4n) is 2.38. The Labute approximate surface area is 176 Å². The lowest BCUT2D eigenvalue weighted by molar-refractivity contribution is -0.123. The molecule has 0 saturated carbocycles. The Morgan fingerprint density at radius 2 is 1.76 bits per heavy atom. The van der Waals surface area contributed by atoms with E-state index in [0.29, 0.717) is 22.1 Å². The van der Waals surface area contributed by atoms with Crippen LogP contribution < -0.4 is 16.0 Å². The van der Waals surface area contributed by atoms with Crippen molar-refractivity contribution in [2.45, 2.75) is 48.1 Å². The highest BCUT2D eigenvalue weighted by molar-refractivity contribution is 7.18. The smallest absolute Gasteiger partial charge is 0.261 e. The van der Waals surface area contributed by atoms with E-state index in [9.17, 15) is 14.4 Å². The topological polar surface area (TPSA) is 87.3 Å². The maximum atomic E-state index is 12.6. The number of benzene rings is 1. The van der Waals surface area contributed by atoms with Gasteiger partial charge in [0.15, 0.2) is 0 Å². The average molecular weight is 416 g/mol. The van der Waals surface area contributed by atoms with Crippen LogP contribution in [0.1, 0.15) is 55.4 Å². The second kappa shape index (κ2) is 9.22. The Kier molecular flexibility index (Phi) is 7.19. The van der Waals surface area contributed by atoms with Gasteiger partial charge in [-0.25, -0.2) is 0 Å². The summed E-state index contributed by atoms with van der Waals surface area (Å²) in [5.74, 6) is -0.440. The monoisotopic (exact) mass is 415 g/mol. The van der Waals surface area contributed by atoms with E-state index in [0.717, 1.165) is 11.1 Å². The lowest BCUT2D eigenvalue weighted by Gasteiger charge is -2.16. The van der Waals surface area contributed by atoms with E-state index in [1.54, 1.807) is 0 Å². The third kappa shape index (κ3) is 6.42. The molecular formula is C22H29N3O3S. The number of aryl methyl sites for hydroxylation is 1. The minimum atomic E-state index is -0.504. The van der Waals surface area contributed by atoms with Crippen LogP contribution in [0.4, 0.5) is 10.7 Å². The number of carbonyl (C=O) groups is 3. The van der Waals surface area contributed by atoms with Gasteiger partial charge in [0.05, 0.1) is 9.88 Å². The predicted molar refractivity (Wildman–Crippen MR) is 118 cm³/mol. The Morgan fingerprint density at radius 1 is 1.07 bits per heavy atom. The first-order valence-corrected chi connectivity index (χ1v) is 10.4. The summed E-state index contributed by atoms with van der Waals surface area (Å²) >= 11 is 1.26. The molecule has 0 bridgehead atoms. The lowest BCUT2D eigenvalue weighted by atomic mass is 9.96. The van der Waals surface area contributed by atoms with Crippen LogP contribution in [0.25, 0.3) is 0 Å².